The van der Waals surface area contributed by atoms with Crippen molar-refractivity contribution in [3.05, 3.63) is 80.0 Å². The average molecular weight is 451 g/mol. The fourth-order valence-electron chi connectivity index (χ4n) is 3.12. The van der Waals surface area contributed by atoms with Crippen LogP contribution in [0.2, 0.25) is 5.02 Å². The normalized spacial score (nSPS) is 11.8. The zero-order valence-corrected chi connectivity index (χ0v) is 16.9. The molecule has 0 unspecified atom stereocenters. The van der Waals surface area contributed by atoms with E-state index < -0.39 is 23.0 Å². The van der Waals surface area contributed by atoms with Crippen LogP contribution in [0.3, 0.4) is 0 Å². The SMILES string of the molecule is Cn1c(=O)c2c(nc(Oc3cccc(C(F)(F)F)c3)n2-c2ccc(Cl)cc2)n(C)c1=O. The van der Waals surface area contributed by atoms with E-state index in [9.17, 15) is 22.8 Å². The van der Waals surface area contributed by atoms with Gasteiger partial charge in [-0.15, -0.1) is 0 Å². The van der Waals surface area contributed by atoms with Crippen molar-refractivity contribution in [3.8, 4) is 17.4 Å². The first-order valence-electron chi connectivity index (χ1n) is 8.87. The summed E-state index contributed by atoms with van der Waals surface area (Å²) in [4.78, 5) is 29.4. The molecule has 4 rings (SSSR count). The Hall–Kier alpha value is -3.53. The summed E-state index contributed by atoms with van der Waals surface area (Å²) in [5, 5.41) is 0.439. The summed E-state index contributed by atoms with van der Waals surface area (Å²) in [5.74, 6) is -0.137. The lowest BCUT2D eigenvalue weighted by Gasteiger charge is -2.12. The molecule has 0 aliphatic rings. The van der Waals surface area contributed by atoms with Gasteiger partial charge in [-0.3, -0.25) is 18.5 Å². The van der Waals surface area contributed by atoms with Gasteiger partial charge in [0.05, 0.1) is 11.3 Å². The molecule has 0 N–H and O–H groups in total. The highest BCUT2D eigenvalue weighted by Crippen LogP contribution is 2.33. The smallest absolute Gasteiger partial charge is 0.416 e. The maximum absolute atomic E-state index is 13.1. The van der Waals surface area contributed by atoms with Gasteiger partial charge in [-0.2, -0.15) is 18.2 Å². The molecule has 160 valence electrons. The molecule has 0 fully saturated rings. The monoisotopic (exact) mass is 450 g/mol. The molecule has 0 saturated heterocycles. The van der Waals surface area contributed by atoms with Crippen LogP contribution in [-0.2, 0) is 20.3 Å². The van der Waals surface area contributed by atoms with Gasteiger partial charge in [-0.25, -0.2) is 4.79 Å². The predicted molar refractivity (Wildman–Crippen MR) is 108 cm³/mol. The van der Waals surface area contributed by atoms with E-state index in [0.717, 1.165) is 21.3 Å². The Morgan fingerprint density at radius 1 is 1.00 bits per heavy atom. The molecule has 0 saturated carbocycles. The number of imidazole rings is 1. The van der Waals surface area contributed by atoms with E-state index in [1.807, 2.05) is 0 Å². The second-order valence-electron chi connectivity index (χ2n) is 6.71. The minimum atomic E-state index is -4.56. The highest BCUT2D eigenvalue weighted by atomic mass is 35.5. The molecule has 11 heteroatoms. The van der Waals surface area contributed by atoms with E-state index in [2.05, 4.69) is 4.98 Å². The van der Waals surface area contributed by atoms with Gasteiger partial charge < -0.3 is 4.74 Å². The van der Waals surface area contributed by atoms with Gasteiger partial charge in [-0.1, -0.05) is 17.7 Å². The van der Waals surface area contributed by atoms with Gasteiger partial charge in [0.2, 0.25) is 0 Å². The number of fused-ring (bicyclic) bond motifs is 1. The minimum Gasteiger partial charge on any atom is -0.425 e. The second-order valence-corrected chi connectivity index (χ2v) is 7.15. The Bertz CT molecular complexity index is 1420. The third-order valence-electron chi connectivity index (χ3n) is 4.68. The van der Waals surface area contributed by atoms with Crippen molar-refractivity contribution in [2.45, 2.75) is 6.18 Å². The standard InChI is InChI=1S/C20H14ClF3N4O3/c1-26-16-15(17(29)27(2)19(26)30)28(13-8-6-12(21)7-9-13)18(25-16)31-14-5-3-4-11(10-14)20(22,23)24/h3-10H,1-2H3. The number of nitrogens with zero attached hydrogens (tertiary/aromatic N) is 4. The zero-order chi connectivity index (χ0) is 22.5. The van der Waals surface area contributed by atoms with Gasteiger partial charge in [0, 0.05) is 19.1 Å². The topological polar surface area (TPSA) is 71.1 Å². The number of alkyl halides is 3. The molecule has 0 aliphatic carbocycles. The first-order valence-corrected chi connectivity index (χ1v) is 9.25. The maximum atomic E-state index is 13.1. The predicted octanol–water partition coefficient (Wildman–Crippen LogP) is 3.89. The molecule has 0 radical (unpaired) electrons. The van der Waals surface area contributed by atoms with Crippen LogP contribution in [0.4, 0.5) is 13.2 Å². The van der Waals surface area contributed by atoms with Gasteiger partial charge in [0.15, 0.2) is 11.2 Å². The van der Waals surface area contributed by atoms with E-state index >= 15 is 0 Å². The average Bonchev–Trinajstić information content (AvgIpc) is 3.10. The Kier molecular flexibility index (Phi) is 4.89. The van der Waals surface area contributed by atoms with Crippen molar-refractivity contribution in [1.82, 2.24) is 18.7 Å². The molecule has 0 aliphatic heterocycles. The molecule has 0 atom stereocenters. The van der Waals surface area contributed by atoms with E-state index in [1.54, 1.807) is 24.3 Å². The van der Waals surface area contributed by atoms with Crippen LogP contribution in [0.1, 0.15) is 5.56 Å². The van der Waals surface area contributed by atoms with Crippen LogP contribution in [0.15, 0.2) is 58.1 Å². The van der Waals surface area contributed by atoms with Crippen molar-refractivity contribution in [1.29, 1.82) is 0 Å². The van der Waals surface area contributed by atoms with Gasteiger partial charge in [-0.05, 0) is 42.5 Å². The van der Waals surface area contributed by atoms with E-state index in [-0.39, 0.29) is 22.9 Å². The summed E-state index contributed by atoms with van der Waals surface area (Å²) >= 11 is 5.95. The van der Waals surface area contributed by atoms with E-state index in [1.165, 1.54) is 30.8 Å². The van der Waals surface area contributed by atoms with Crippen LogP contribution in [0.25, 0.3) is 16.9 Å². The van der Waals surface area contributed by atoms with Crippen molar-refractivity contribution >= 4 is 22.8 Å². The molecule has 0 bridgehead atoms. The summed E-state index contributed by atoms with van der Waals surface area (Å²) in [6.07, 6.45) is -4.56. The maximum Gasteiger partial charge on any atom is 0.416 e. The number of benzene rings is 2. The van der Waals surface area contributed by atoms with E-state index in [4.69, 9.17) is 16.3 Å². The minimum absolute atomic E-state index is 0.0185. The summed E-state index contributed by atoms with van der Waals surface area (Å²) < 4.78 is 48.3. The van der Waals surface area contributed by atoms with Gasteiger partial charge in [0.1, 0.15) is 5.75 Å². The lowest BCUT2D eigenvalue weighted by molar-refractivity contribution is -0.137. The quantitative estimate of drug-likeness (QED) is 0.475. The van der Waals surface area contributed by atoms with Crippen molar-refractivity contribution in [2.24, 2.45) is 14.1 Å². The summed E-state index contributed by atoms with van der Waals surface area (Å²) in [6.45, 7) is 0. The summed E-state index contributed by atoms with van der Waals surface area (Å²) in [7, 11) is 2.74. The van der Waals surface area contributed by atoms with Crippen LogP contribution in [0.5, 0.6) is 11.8 Å². The number of ether oxygens (including phenoxy) is 1. The lowest BCUT2D eigenvalue weighted by Crippen LogP contribution is -2.37. The molecular weight excluding hydrogens is 437 g/mol. The Labute approximate surface area is 177 Å². The zero-order valence-electron chi connectivity index (χ0n) is 16.1. The highest BCUT2D eigenvalue weighted by molar-refractivity contribution is 6.30. The Morgan fingerprint density at radius 2 is 1.68 bits per heavy atom. The molecule has 31 heavy (non-hydrogen) atoms. The van der Waals surface area contributed by atoms with Crippen LogP contribution in [-0.4, -0.2) is 18.7 Å². The van der Waals surface area contributed by atoms with Crippen LogP contribution in [0, 0.1) is 0 Å². The third kappa shape index (κ3) is 3.59. The van der Waals surface area contributed by atoms with Crippen LogP contribution < -0.4 is 16.0 Å². The van der Waals surface area contributed by atoms with Crippen molar-refractivity contribution < 1.29 is 17.9 Å². The molecular formula is C20H14ClF3N4O3. The van der Waals surface area contributed by atoms with Crippen molar-refractivity contribution in [2.75, 3.05) is 0 Å². The molecule has 2 aromatic carbocycles. The molecule has 2 aromatic heterocycles. The number of aryl methyl sites for hydroxylation is 1. The first kappa shape index (κ1) is 20.7. The molecule has 0 spiro atoms. The third-order valence-corrected chi connectivity index (χ3v) is 4.93. The van der Waals surface area contributed by atoms with Gasteiger partial charge >= 0.3 is 17.9 Å². The molecule has 0 amide bonds. The number of aromatic nitrogens is 4. The Balaban J connectivity index is 1.99. The van der Waals surface area contributed by atoms with Crippen LogP contribution >= 0.6 is 11.6 Å². The number of rotatable bonds is 3. The molecule has 7 nitrogen and oxygen atoms in total. The molecule has 2 heterocycles. The largest absolute Gasteiger partial charge is 0.425 e. The fraction of sp³-hybridized carbons (Fsp3) is 0.150. The number of halogens is 4. The number of hydrogen-bond donors (Lipinski definition) is 0. The van der Waals surface area contributed by atoms with E-state index in [0.29, 0.717) is 10.7 Å². The fourth-order valence-corrected chi connectivity index (χ4v) is 3.24. The highest BCUT2D eigenvalue weighted by Gasteiger charge is 2.31. The lowest BCUT2D eigenvalue weighted by atomic mass is 10.2. The summed E-state index contributed by atoms with van der Waals surface area (Å²) in [6, 6.07) is 10.4. The van der Waals surface area contributed by atoms with Gasteiger partial charge in [0.25, 0.3) is 5.56 Å². The molecule has 4 aromatic rings. The second kappa shape index (κ2) is 7.31. The first-order chi connectivity index (χ1) is 14.6. The number of hydrogen-bond acceptors (Lipinski definition) is 4. The Morgan fingerprint density at radius 3 is 2.32 bits per heavy atom. The van der Waals surface area contributed by atoms with Crippen molar-refractivity contribution in [3.63, 3.8) is 0 Å². The summed E-state index contributed by atoms with van der Waals surface area (Å²) in [5.41, 5.74) is -1.69.